The number of hydrogen-bond acceptors (Lipinski definition) is 5. The maximum Gasteiger partial charge on any atom is 0.334 e. The van der Waals surface area contributed by atoms with Crippen molar-refractivity contribution >= 4 is 16.2 Å². The predicted molar refractivity (Wildman–Crippen MR) is 66.2 cm³/mol. The van der Waals surface area contributed by atoms with Gasteiger partial charge >= 0.3 is 16.2 Å². The molecule has 0 aliphatic carbocycles. The molecule has 1 unspecified atom stereocenters. The summed E-state index contributed by atoms with van der Waals surface area (Å²) in [5.74, 6) is 0. The van der Waals surface area contributed by atoms with Crippen LogP contribution in [0.15, 0.2) is 0 Å². The molecule has 0 spiro atoms. The van der Waals surface area contributed by atoms with E-state index in [-0.39, 0.29) is 0 Å². The smallest absolute Gasteiger partial charge is 0.334 e. The summed E-state index contributed by atoms with van der Waals surface area (Å²) in [6.07, 6.45) is 1.16. The first kappa shape index (κ1) is 16.3. The van der Waals surface area contributed by atoms with Crippen LogP contribution in [0.4, 0.5) is 0 Å². The largest absolute Gasteiger partial charge is 0.398 e. The molecule has 16 heavy (non-hydrogen) atoms. The standard InChI is InChI=1S/C9H23O5PSi/c1-6-15(10,11-2)14-8-7-9-16(5,12-3)13-4/h6-9H2,1-5H3. The van der Waals surface area contributed by atoms with Crippen molar-refractivity contribution in [3.8, 4) is 0 Å². The van der Waals surface area contributed by atoms with E-state index in [4.69, 9.17) is 17.9 Å². The molecule has 0 amide bonds. The summed E-state index contributed by atoms with van der Waals surface area (Å²) in [6, 6.07) is 0.813. The van der Waals surface area contributed by atoms with Gasteiger partial charge in [-0.3, -0.25) is 4.57 Å². The molecule has 0 N–H and O–H groups in total. The molecule has 0 radical (unpaired) electrons. The number of rotatable bonds is 9. The molecular formula is C9H23O5PSi. The van der Waals surface area contributed by atoms with Gasteiger partial charge in [0.1, 0.15) is 0 Å². The minimum Gasteiger partial charge on any atom is -0.398 e. The van der Waals surface area contributed by atoms with Gasteiger partial charge < -0.3 is 17.9 Å². The third kappa shape index (κ3) is 5.57. The van der Waals surface area contributed by atoms with Crippen LogP contribution in [0.1, 0.15) is 13.3 Å². The van der Waals surface area contributed by atoms with Gasteiger partial charge in [-0.15, -0.1) is 0 Å². The van der Waals surface area contributed by atoms with E-state index in [2.05, 4.69) is 0 Å². The molecule has 0 aromatic heterocycles. The zero-order valence-electron chi connectivity index (χ0n) is 10.8. The molecule has 0 saturated carbocycles. The summed E-state index contributed by atoms with van der Waals surface area (Å²) in [7, 11) is -0.150. The molecule has 0 aliphatic heterocycles. The van der Waals surface area contributed by atoms with E-state index >= 15 is 0 Å². The van der Waals surface area contributed by atoms with Crippen LogP contribution >= 0.6 is 7.60 Å². The van der Waals surface area contributed by atoms with Crippen molar-refractivity contribution < 1.29 is 22.5 Å². The zero-order chi connectivity index (χ0) is 12.7. The Balaban J connectivity index is 3.88. The average molecular weight is 270 g/mol. The van der Waals surface area contributed by atoms with Gasteiger partial charge in [0.25, 0.3) is 0 Å². The lowest BCUT2D eigenvalue weighted by Crippen LogP contribution is -2.36. The number of hydrogen-bond donors (Lipinski definition) is 0. The average Bonchev–Trinajstić information content (AvgIpc) is 2.34. The van der Waals surface area contributed by atoms with Gasteiger partial charge in [-0.2, -0.15) is 0 Å². The van der Waals surface area contributed by atoms with Gasteiger partial charge in [0.05, 0.1) is 6.61 Å². The highest BCUT2D eigenvalue weighted by Gasteiger charge is 2.28. The van der Waals surface area contributed by atoms with E-state index in [9.17, 15) is 4.57 Å². The Kier molecular flexibility index (Phi) is 7.72. The van der Waals surface area contributed by atoms with Gasteiger partial charge in [0.2, 0.25) is 0 Å². The van der Waals surface area contributed by atoms with Gasteiger partial charge in [-0.1, -0.05) is 6.92 Å². The van der Waals surface area contributed by atoms with Crippen molar-refractivity contribution in [1.29, 1.82) is 0 Å². The maximum absolute atomic E-state index is 11.7. The molecule has 0 heterocycles. The molecule has 0 bridgehead atoms. The molecule has 0 rings (SSSR count). The molecule has 0 fully saturated rings. The van der Waals surface area contributed by atoms with E-state index in [0.717, 1.165) is 12.5 Å². The molecule has 5 nitrogen and oxygen atoms in total. The minimum absolute atomic E-state index is 0.396. The van der Waals surface area contributed by atoms with Gasteiger partial charge in [0, 0.05) is 27.5 Å². The van der Waals surface area contributed by atoms with Crippen molar-refractivity contribution in [3.63, 3.8) is 0 Å². The van der Waals surface area contributed by atoms with Crippen molar-refractivity contribution in [2.45, 2.75) is 25.9 Å². The summed E-state index contributed by atoms with van der Waals surface area (Å²) < 4.78 is 32.5. The Bertz CT molecular complexity index is 224. The SMILES string of the molecule is CCP(=O)(OC)OCCC[Si](C)(OC)OC. The van der Waals surface area contributed by atoms with Crippen molar-refractivity contribution in [1.82, 2.24) is 0 Å². The Labute approximate surface area is 99.2 Å². The minimum atomic E-state index is -2.85. The second-order valence-electron chi connectivity index (χ2n) is 3.59. The molecule has 98 valence electrons. The first-order valence-corrected chi connectivity index (χ1v) is 9.60. The van der Waals surface area contributed by atoms with Crippen LogP contribution in [0.2, 0.25) is 12.6 Å². The molecule has 1 atom stereocenters. The molecule has 0 saturated heterocycles. The van der Waals surface area contributed by atoms with Crippen molar-refractivity contribution in [3.05, 3.63) is 0 Å². The van der Waals surface area contributed by atoms with E-state index < -0.39 is 16.2 Å². The van der Waals surface area contributed by atoms with E-state index in [1.54, 1.807) is 21.1 Å². The highest BCUT2D eigenvalue weighted by molar-refractivity contribution is 7.53. The topological polar surface area (TPSA) is 54.0 Å². The lowest BCUT2D eigenvalue weighted by atomic mass is 10.5. The first-order valence-electron chi connectivity index (χ1n) is 5.35. The fraction of sp³-hybridized carbons (Fsp3) is 1.00. The van der Waals surface area contributed by atoms with Crippen LogP contribution in [0.25, 0.3) is 0 Å². The van der Waals surface area contributed by atoms with Crippen LogP contribution in [0, 0.1) is 0 Å². The molecule has 7 heteroatoms. The lowest BCUT2D eigenvalue weighted by Gasteiger charge is -2.23. The first-order chi connectivity index (χ1) is 7.45. The Morgan fingerprint density at radius 1 is 1.19 bits per heavy atom. The fourth-order valence-corrected chi connectivity index (χ4v) is 3.47. The van der Waals surface area contributed by atoms with E-state index in [1.807, 2.05) is 6.55 Å². The summed E-state index contributed by atoms with van der Waals surface area (Å²) in [6.45, 7) is 4.18. The molecule has 0 aromatic carbocycles. The van der Waals surface area contributed by atoms with Crippen molar-refractivity contribution in [2.24, 2.45) is 0 Å². The Morgan fingerprint density at radius 3 is 2.12 bits per heavy atom. The molecular weight excluding hydrogens is 247 g/mol. The van der Waals surface area contributed by atoms with Crippen molar-refractivity contribution in [2.75, 3.05) is 34.1 Å². The summed E-state index contributed by atoms with van der Waals surface area (Å²) >= 11 is 0. The second kappa shape index (κ2) is 7.58. The third-order valence-electron chi connectivity index (χ3n) is 2.59. The molecule has 0 aliphatic rings. The third-order valence-corrected chi connectivity index (χ3v) is 7.49. The quantitative estimate of drug-likeness (QED) is 0.366. The Morgan fingerprint density at radius 2 is 1.75 bits per heavy atom. The second-order valence-corrected chi connectivity index (χ2v) is 9.65. The van der Waals surface area contributed by atoms with Crippen LogP contribution in [-0.4, -0.2) is 42.7 Å². The summed E-state index contributed by atoms with van der Waals surface area (Å²) in [4.78, 5) is 0. The summed E-state index contributed by atoms with van der Waals surface area (Å²) in [5.41, 5.74) is 0. The molecule has 0 aromatic rings. The van der Waals surface area contributed by atoms with Crippen LogP contribution in [0.5, 0.6) is 0 Å². The zero-order valence-corrected chi connectivity index (χ0v) is 12.7. The van der Waals surface area contributed by atoms with Gasteiger partial charge in [-0.05, 0) is 19.0 Å². The predicted octanol–water partition coefficient (Wildman–Crippen LogP) is 2.62. The van der Waals surface area contributed by atoms with E-state index in [1.165, 1.54) is 7.11 Å². The summed E-state index contributed by atoms with van der Waals surface area (Å²) in [5, 5.41) is 0. The van der Waals surface area contributed by atoms with E-state index in [0.29, 0.717) is 12.8 Å². The monoisotopic (exact) mass is 270 g/mol. The van der Waals surface area contributed by atoms with Crippen LogP contribution in [-0.2, 0) is 22.5 Å². The normalized spacial score (nSPS) is 16.1. The van der Waals surface area contributed by atoms with Gasteiger partial charge in [-0.25, -0.2) is 0 Å². The fourth-order valence-electron chi connectivity index (χ4n) is 1.16. The lowest BCUT2D eigenvalue weighted by molar-refractivity contribution is 0.221. The van der Waals surface area contributed by atoms with Crippen LogP contribution < -0.4 is 0 Å². The highest BCUT2D eigenvalue weighted by atomic mass is 31.2. The van der Waals surface area contributed by atoms with Gasteiger partial charge in [0.15, 0.2) is 0 Å². The highest BCUT2D eigenvalue weighted by Crippen LogP contribution is 2.46. The van der Waals surface area contributed by atoms with Crippen LogP contribution in [0.3, 0.4) is 0 Å². The maximum atomic E-state index is 11.7. The Hall–Kier alpha value is 0.287.